The van der Waals surface area contributed by atoms with E-state index >= 15 is 0 Å². The Bertz CT molecular complexity index is 2760. The van der Waals surface area contributed by atoms with Gasteiger partial charge < -0.3 is 160 Å². The van der Waals surface area contributed by atoms with Crippen LogP contribution in [-0.4, -0.2) is 295 Å². The van der Waals surface area contributed by atoms with E-state index < -0.39 is 194 Å². The second-order valence-electron chi connectivity index (χ2n) is 17.8. The number of esters is 6. The zero-order chi connectivity index (χ0) is 72.4. The van der Waals surface area contributed by atoms with Gasteiger partial charge in [0.05, 0.1) is 36.0 Å². The number of carboxylic acid groups (broad SMARTS) is 6. The average Bonchev–Trinajstić information content (AvgIpc) is 0.868. The number of ether oxygens (including phenoxy) is 19. The Hall–Kier alpha value is -5.16. The Morgan fingerprint density at radius 1 is 0.364 bits per heavy atom. The summed E-state index contributed by atoms with van der Waals surface area (Å²) in [7, 11) is 9.18. The molecule has 20 atom stereocenters. The van der Waals surface area contributed by atoms with Gasteiger partial charge in [-0.1, -0.05) is 0 Å². The number of aliphatic hydroxyl groups is 4. The minimum atomic E-state index is -1.78. The number of carbonyl (C=O) groups is 14. The second-order valence-corrected chi connectivity index (χ2v) is 17.8. The van der Waals surface area contributed by atoms with E-state index in [1.807, 2.05) is 0 Å². The van der Waals surface area contributed by atoms with Crippen molar-refractivity contribution in [3.63, 3.8) is 0 Å². The number of rotatable bonds is 26. The van der Waals surface area contributed by atoms with Crippen molar-refractivity contribution < 1.29 is 326 Å². The summed E-state index contributed by atoms with van der Waals surface area (Å²) < 4.78 is 90.9. The average molecular weight is 1470 g/mol. The normalized spacial score (nSPS) is 29.5. The standard InChI is InChI=1S/C16H18O13.2C12H16O10.C8H14O7.C4H2O3.4Na/c1-24-11-12(27-10(21)5-6-26-7-17)14(28-9(20)4-3-8(18)19)16(25-2)29-13(11)15(22)23;1-18-9-8(21-6(14)3-4-20-5-13)7(15)12(19-2)22-10(9)11(16)17;1-19-8-7(16)9(21-6(15)4-3-5(13)14)12(20-2)22-10(8)11(17)18;1-13-5-3(9)4(10)8(14-2)15-6(5)7(11)12;5-3-1-2-4(6)7-3;;;;/h3-7,11-14,16H,1-2H3,(H,18,19)(H,22,23);3-5,7-10,12,15H,1-2H3,(H,16,17);3-4,7-10,12,16H,1-2H3,(H,13,14)(H,17,18);3-6,8-10H,1-2H3,(H,11,12);1-2H;;;;/q;;;;;4*+1/p-4/b4-3-,6-5-;2*4-3-;;;;;;. The van der Waals surface area contributed by atoms with Crippen molar-refractivity contribution in [3.05, 3.63) is 61.1 Å². The summed E-state index contributed by atoms with van der Waals surface area (Å²) in [5, 5.41) is 100. The van der Waals surface area contributed by atoms with Gasteiger partial charge in [0.2, 0.25) is 0 Å². The van der Waals surface area contributed by atoms with Gasteiger partial charge in [-0.15, -0.1) is 0 Å². The van der Waals surface area contributed by atoms with E-state index in [0.717, 1.165) is 60.0 Å². The van der Waals surface area contributed by atoms with Gasteiger partial charge in [0.15, 0.2) is 49.6 Å². The van der Waals surface area contributed by atoms with Gasteiger partial charge in [0.25, 0.3) is 12.9 Å². The van der Waals surface area contributed by atoms with Crippen molar-refractivity contribution in [2.24, 2.45) is 0 Å². The van der Waals surface area contributed by atoms with Crippen LogP contribution in [0.1, 0.15) is 0 Å². The molecule has 0 saturated carbocycles. The van der Waals surface area contributed by atoms with Crippen molar-refractivity contribution in [2.75, 3.05) is 56.9 Å². The van der Waals surface area contributed by atoms with Gasteiger partial charge in [-0.3, -0.25) is 9.59 Å². The Balaban J connectivity index is -0.000000589. The molecule has 20 unspecified atom stereocenters. The third-order valence-corrected chi connectivity index (χ3v) is 12.0. The maximum Gasteiger partial charge on any atom is 1.00 e. The van der Waals surface area contributed by atoms with Crippen LogP contribution in [0.15, 0.2) is 61.1 Å². The van der Waals surface area contributed by atoms with E-state index in [4.69, 9.17) is 81.3 Å². The molecule has 47 heteroatoms. The summed E-state index contributed by atoms with van der Waals surface area (Å²) in [5.74, 6) is -14.8. The second kappa shape index (κ2) is 52.7. The number of aliphatic hydroxyl groups excluding tert-OH is 4. The molecule has 99 heavy (non-hydrogen) atoms. The Kier molecular flexibility index (Phi) is 53.4. The molecule has 5 rings (SSSR count). The van der Waals surface area contributed by atoms with E-state index in [-0.39, 0.29) is 131 Å². The molecular weight excluding hydrogens is 1400 g/mol. The first kappa shape index (κ1) is 100. The topological polar surface area (TPSA) is 628 Å². The fraction of sp³-hybridized carbons (Fsp3) is 0.538. The molecular formula is C52H62Na4O43. The van der Waals surface area contributed by atoms with E-state index in [2.05, 4.69) is 18.9 Å². The van der Waals surface area contributed by atoms with Gasteiger partial charge in [-0.2, -0.15) is 0 Å². The van der Waals surface area contributed by atoms with Crippen LogP contribution in [0, 0.1) is 0 Å². The largest absolute Gasteiger partial charge is 1.00 e. The van der Waals surface area contributed by atoms with Crippen LogP contribution in [0.4, 0.5) is 0 Å². The zero-order valence-electron chi connectivity index (χ0n) is 54.3. The molecule has 6 N–H and O–H groups in total. The predicted octanol–water partition coefficient (Wildman–Crippen LogP) is -24.1. The molecule has 0 amide bonds. The maximum atomic E-state index is 11.9. The Morgan fingerprint density at radius 3 is 0.980 bits per heavy atom. The van der Waals surface area contributed by atoms with Crippen LogP contribution in [0.25, 0.3) is 0 Å². The number of cyclic esters (lactones) is 2. The van der Waals surface area contributed by atoms with Crippen LogP contribution in [-0.2, 0) is 157 Å². The van der Waals surface area contributed by atoms with E-state index in [9.17, 15) is 108 Å². The Labute approximate surface area is 646 Å². The van der Waals surface area contributed by atoms with Crippen molar-refractivity contribution in [3.8, 4) is 0 Å². The number of hydrogen-bond acceptors (Lipinski definition) is 41. The molecule has 5 heterocycles. The fourth-order valence-corrected chi connectivity index (χ4v) is 7.92. The van der Waals surface area contributed by atoms with Crippen LogP contribution in [0.2, 0.25) is 0 Å². The summed E-state index contributed by atoms with van der Waals surface area (Å²) >= 11 is 0. The SMILES string of the molecule is COC1OC(C(=O)[O-])C(OC)C(O)C1O.COC1OC(C(=O)[O-])C(OC)C(O)C1OC(=O)/C=C\C(=O)O.COC1OC(C(=O)[O-])C(OC)C(OC(=O)/C=C\OC=O)C1O.COC1OC(C(=O)[O-])C(OC)C(OC(=O)/C=C\OC=O)C1OC(=O)/C=C\C(=O)O.O=C1C=CC(=O)O1.[Na+].[Na+].[Na+].[Na+]. The monoisotopic (exact) mass is 1470 g/mol. The Morgan fingerprint density at radius 2 is 0.657 bits per heavy atom. The van der Waals surface area contributed by atoms with Crippen molar-refractivity contribution >= 4 is 84.6 Å². The first-order valence-corrected chi connectivity index (χ1v) is 25.8. The number of carboxylic acids is 6. The molecule has 4 fully saturated rings. The molecule has 0 spiro atoms. The van der Waals surface area contributed by atoms with Crippen molar-refractivity contribution in [1.82, 2.24) is 0 Å². The minimum absolute atomic E-state index is 0. The van der Waals surface area contributed by atoms with E-state index in [0.29, 0.717) is 36.6 Å². The van der Waals surface area contributed by atoms with Gasteiger partial charge in [-0.25, -0.2) is 38.4 Å². The maximum absolute atomic E-state index is 11.9. The minimum Gasteiger partial charge on any atom is -0.547 e. The van der Waals surface area contributed by atoms with Gasteiger partial charge >= 0.3 is 166 Å². The molecule has 4 saturated heterocycles. The molecule has 5 aliphatic heterocycles. The van der Waals surface area contributed by atoms with Crippen molar-refractivity contribution in [1.29, 1.82) is 0 Å². The third kappa shape index (κ3) is 33.2. The molecule has 0 radical (unpaired) electrons. The van der Waals surface area contributed by atoms with Crippen LogP contribution < -0.4 is 139 Å². The van der Waals surface area contributed by atoms with Crippen molar-refractivity contribution in [2.45, 2.75) is 123 Å². The summed E-state index contributed by atoms with van der Waals surface area (Å²) in [4.78, 5) is 152. The van der Waals surface area contributed by atoms with E-state index in [1.165, 1.54) is 21.3 Å². The number of aliphatic carboxylic acids is 6. The molecule has 532 valence electrons. The molecule has 0 bridgehead atoms. The van der Waals surface area contributed by atoms with Gasteiger partial charge in [0.1, 0.15) is 85.8 Å². The first-order valence-electron chi connectivity index (χ1n) is 25.8. The summed E-state index contributed by atoms with van der Waals surface area (Å²) in [6, 6.07) is 0. The smallest absolute Gasteiger partial charge is 0.547 e. The van der Waals surface area contributed by atoms with Crippen LogP contribution in [0.3, 0.4) is 0 Å². The van der Waals surface area contributed by atoms with E-state index in [1.54, 1.807) is 0 Å². The van der Waals surface area contributed by atoms with Crippen LogP contribution in [0.5, 0.6) is 0 Å². The molecule has 0 aromatic rings. The molecule has 5 aliphatic rings. The van der Waals surface area contributed by atoms with Gasteiger partial charge in [0, 0.05) is 93.3 Å². The fourth-order valence-electron chi connectivity index (χ4n) is 7.92. The summed E-state index contributed by atoms with van der Waals surface area (Å²) in [6.45, 7) is 0.112. The molecule has 0 aromatic carbocycles. The number of carbonyl (C=O) groups excluding carboxylic acids is 12. The van der Waals surface area contributed by atoms with Gasteiger partial charge in [-0.05, 0) is 0 Å². The molecule has 0 aromatic heterocycles. The number of hydrogen-bond donors (Lipinski definition) is 6. The molecule has 43 nitrogen and oxygen atoms in total. The summed E-state index contributed by atoms with van der Waals surface area (Å²) in [6.07, 6.45) is -21.9. The summed E-state index contributed by atoms with van der Waals surface area (Å²) in [5.41, 5.74) is 0. The van der Waals surface area contributed by atoms with Crippen LogP contribution >= 0.6 is 0 Å². The zero-order valence-corrected chi connectivity index (χ0v) is 62.3. The third-order valence-electron chi connectivity index (χ3n) is 12.0. The number of methoxy groups -OCH3 is 8. The predicted molar refractivity (Wildman–Crippen MR) is 276 cm³/mol. The molecule has 0 aliphatic carbocycles. The first-order chi connectivity index (χ1) is 44.8. The quantitative estimate of drug-likeness (QED) is 0.00891.